The SMILES string of the molecule is CCC(C)C(CC)C(=O)C(C)C. The molecule has 0 aliphatic carbocycles. The minimum absolute atomic E-state index is 0.198. The summed E-state index contributed by atoms with van der Waals surface area (Å²) in [7, 11) is 0. The molecule has 0 spiro atoms. The molecule has 0 radical (unpaired) electrons. The highest BCUT2D eigenvalue weighted by Crippen LogP contribution is 2.22. The smallest absolute Gasteiger partial charge is 0.138 e. The van der Waals surface area contributed by atoms with Gasteiger partial charge in [0.25, 0.3) is 0 Å². The van der Waals surface area contributed by atoms with E-state index in [4.69, 9.17) is 0 Å². The fourth-order valence-electron chi connectivity index (χ4n) is 1.60. The first-order valence-electron chi connectivity index (χ1n) is 5.08. The zero-order chi connectivity index (χ0) is 9.72. The predicted molar refractivity (Wildman–Crippen MR) is 53.1 cm³/mol. The molecule has 0 fully saturated rings. The summed E-state index contributed by atoms with van der Waals surface area (Å²) in [5.41, 5.74) is 0. The maximum Gasteiger partial charge on any atom is 0.138 e. The lowest BCUT2D eigenvalue weighted by Crippen LogP contribution is -2.24. The third-order valence-corrected chi connectivity index (χ3v) is 2.71. The van der Waals surface area contributed by atoms with E-state index in [0.717, 1.165) is 12.8 Å². The number of Topliss-reactive ketones (excluding diaryl/α,β-unsaturated/α-hetero) is 1. The lowest BCUT2D eigenvalue weighted by atomic mass is 9.82. The number of carbonyl (C=O) groups is 1. The van der Waals surface area contributed by atoms with E-state index < -0.39 is 0 Å². The lowest BCUT2D eigenvalue weighted by molar-refractivity contribution is -0.127. The van der Waals surface area contributed by atoms with Gasteiger partial charge in [-0.1, -0.05) is 41.0 Å². The molecule has 1 heteroatoms. The summed E-state index contributed by atoms with van der Waals surface area (Å²) >= 11 is 0. The summed E-state index contributed by atoms with van der Waals surface area (Å²) < 4.78 is 0. The molecule has 1 nitrogen and oxygen atoms in total. The van der Waals surface area contributed by atoms with Crippen molar-refractivity contribution >= 4 is 5.78 Å². The Hall–Kier alpha value is -0.330. The molecule has 0 aromatic rings. The van der Waals surface area contributed by atoms with Gasteiger partial charge in [-0.2, -0.15) is 0 Å². The second kappa shape index (κ2) is 5.34. The van der Waals surface area contributed by atoms with E-state index in [2.05, 4.69) is 20.8 Å². The monoisotopic (exact) mass is 170 g/mol. The van der Waals surface area contributed by atoms with E-state index in [1.165, 1.54) is 0 Å². The van der Waals surface area contributed by atoms with Crippen molar-refractivity contribution in [3.63, 3.8) is 0 Å². The van der Waals surface area contributed by atoms with Gasteiger partial charge in [-0.25, -0.2) is 0 Å². The number of rotatable bonds is 5. The second-order valence-corrected chi connectivity index (χ2v) is 3.96. The van der Waals surface area contributed by atoms with E-state index >= 15 is 0 Å². The molecule has 2 atom stereocenters. The molecule has 0 saturated heterocycles. The van der Waals surface area contributed by atoms with Crippen LogP contribution < -0.4 is 0 Å². The fourth-order valence-corrected chi connectivity index (χ4v) is 1.60. The van der Waals surface area contributed by atoms with Crippen molar-refractivity contribution in [3.05, 3.63) is 0 Å². The predicted octanol–water partition coefficient (Wildman–Crippen LogP) is 3.28. The maximum atomic E-state index is 11.7. The Kier molecular flexibility index (Phi) is 5.19. The van der Waals surface area contributed by atoms with Crippen molar-refractivity contribution in [2.24, 2.45) is 17.8 Å². The molecule has 0 aromatic heterocycles. The molecule has 0 bridgehead atoms. The Bertz CT molecular complexity index is 138. The van der Waals surface area contributed by atoms with E-state index in [1.54, 1.807) is 0 Å². The summed E-state index contributed by atoms with van der Waals surface area (Å²) in [6.45, 7) is 10.4. The summed E-state index contributed by atoms with van der Waals surface area (Å²) in [5.74, 6) is 1.47. The molecular formula is C11H22O. The van der Waals surface area contributed by atoms with Crippen LogP contribution in [0.5, 0.6) is 0 Å². The van der Waals surface area contributed by atoms with Crippen molar-refractivity contribution in [2.75, 3.05) is 0 Å². The quantitative estimate of drug-likeness (QED) is 0.619. The van der Waals surface area contributed by atoms with Crippen molar-refractivity contribution in [1.29, 1.82) is 0 Å². The molecule has 0 N–H and O–H groups in total. The van der Waals surface area contributed by atoms with Crippen molar-refractivity contribution in [3.8, 4) is 0 Å². The lowest BCUT2D eigenvalue weighted by Gasteiger charge is -2.21. The first-order valence-corrected chi connectivity index (χ1v) is 5.08. The largest absolute Gasteiger partial charge is 0.299 e. The van der Waals surface area contributed by atoms with Gasteiger partial charge < -0.3 is 0 Å². The van der Waals surface area contributed by atoms with Crippen molar-refractivity contribution < 1.29 is 4.79 Å². The highest BCUT2D eigenvalue weighted by molar-refractivity contribution is 5.82. The summed E-state index contributed by atoms with van der Waals surface area (Å²) in [6, 6.07) is 0. The van der Waals surface area contributed by atoms with Gasteiger partial charge in [0, 0.05) is 11.8 Å². The first-order chi connectivity index (χ1) is 5.54. The minimum Gasteiger partial charge on any atom is -0.299 e. The van der Waals surface area contributed by atoms with Crippen LogP contribution in [0.4, 0.5) is 0 Å². The summed E-state index contributed by atoms with van der Waals surface area (Å²) in [4.78, 5) is 11.7. The zero-order valence-corrected chi connectivity index (χ0v) is 9.05. The van der Waals surface area contributed by atoms with E-state index in [-0.39, 0.29) is 11.8 Å². The molecule has 0 heterocycles. The van der Waals surface area contributed by atoms with Crippen LogP contribution in [-0.2, 0) is 4.79 Å². The van der Waals surface area contributed by atoms with Crippen LogP contribution in [0, 0.1) is 17.8 Å². The van der Waals surface area contributed by atoms with E-state index in [0.29, 0.717) is 11.7 Å². The van der Waals surface area contributed by atoms with Gasteiger partial charge in [0.1, 0.15) is 5.78 Å². The van der Waals surface area contributed by atoms with Crippen molar-refractivity contribution in [1.82, 2.24) is 0 Å². The topological polar surface area (TPSA) is 17.1 Å². The fraction of sp³-hybridized carbons (Fsp3) is 0.909. The Labute approximate surface area is 76.6 Å². The van der Waals surface area contributed by atoms with Gasteiger partial charge in [-0.15, -0.1) is 0 Å². The van der Waals surface area contributed by atoms with Crippen LogP contribution in [0.15, 0.2) is 0 Å². The van der Waals surface area contributed by atoms with Gasteiger partial charge in [-0.3, -0.25) is 4.79 Å². The molecule has 72 valence electrons. The van der Waals surface area contributed by atoms with Crippen LogP contribution >= 0.6 is 0 Å². The standard InChI is InChI=1S/C11H22O/c1-6-9(5)10(7-2)11(12)8(3)4/h8-10H,6-7H2,1-5H3. The summed E-state index contributed by atoms with van der Waals surface area (Å²) in [5, 5.41) is 0. The van der Waals surface area contributed by atoms with Crippen LogP contribution in [-0.4, -0.2) is 5.78 Å². The first kappa shape index (κ1) is 11.7. The maximum absolute atomic E-state index is 11.7. The molecule has 0 aliphatic heterocycles. The average molecular weight is 170 g/mol. The third kappa shape index (κ3) is 2.96. The van der Waals surface area contributed by atoms with Gasteiger partial charge in [0.05, 0.1) is 0 Å². The number of carbonyl (C=O) groups excluding carboxylic acids is 1. The second-order valence-electron chi connectivity index (χ2n) is 3.96. The van der Waals surface area contributed by atoms with Crippen LogP contribution in [0.1, 0.15) is 47.5 Å². The molecule has 12 heavy (non-hydrogen) atoms. The van der Waals surface area contributed by atoms with Crippen LogP contribution in [0.2, 0.25) is 0 Å². The van der Waals surface area contributed by atoms with Gasteiger partial charge in [0.15, 0.2) is 0 Å². The van der Waals surface area contributed by atoms with E-state index in [9.17, 15) is 4.79 Å². The van der Waals surface area contributed by atoms with Gasteiger partial charge in [0.2, 0.25) is 0 Å². The number of hydrogen-bond acceptors (Lipinski definition) is 1. The Morgan fingerprint density at radius 2 is 1.58 bits per heavy atom. The van der Waals surface area contributed by atoms with Gasteiger partial charge >= 0.3 is 0 Å². The van der Waals surface area contributed by atoms with Gasteiger partial charge in [-0.05, 0) is 12.3 Å². The molecule has 0 saturated carbocycles. The molecular weight excluding hydrogens is 148 g/mol. The Morgan fingerprint density at radius 3 is 1.83 bits per heavy atom. The molecule has 0 aromatic carbocycles. The van der Waals surface area contributed by atoms with Crippen molar-refractivity contribution in [2.45, 2.75) is 47.5 Å². The third-order valence-electron chi connectivity index (χ3n) is 2.71. The molecule has 0 aliphatic rings. The number of hydrogen-bond donors (Lipinski definition) is 0. The van der Waals surface area contributed by atoms with E-state index in [1.807, 2.05) is 13.8 Å². The van der Waals surface area contributed by atoms with Crippen LogP contribution in [0.3, 0.4) is 0 Å². The normalized spacial score (nSPS) is 16.2. The number of ketones is 1. The van der Waals surface area contributed by atoms with Crippen LogP contribution in [0.25, 0.3) is 0 Å². The molecule has 0 amide bonds. The minimum atomic E-state index is 0.198. The summed E-state index contributed by atoms with van der Waals surface area (Å²) in [6.07, 6.45) is 2.10. The molecule has 2 unspecified atom stereocenters. The highest BCUT2D eigenvalue weighted by Gasteiger charge is 2.23. The Balaban J connectivity index is 4.24. The highest BCUT2D eigenvalue weighted by atomic mass is 16.1. The zero-order valence-electron chi connectivity index (χ0n) is 9.05. The Morgan fingerprint density at radius 1 is 1.08 bits per heavy atom. The average Bonchev–Trinajstić information content (AvgIpc) is 2.05. The molecule has 0 rings (SSSR count).